The van der Waals surface area contributed by atoms with Gasteiger partial charge in [0.2, 0.25) is 0 Å². The van der Waals surface area contributed by atoms with Gasteiger partial charge in [-0.2, -0.15) is 70.2 Å². The molecule has 1 radical (unpaired) electrons. The fourth-order valence-electron chi connectivity index (χ4n) is 1.01. The minimum atomic E-state index is -7.85. The third-order valence-corrected chi connectivity index (χ3v) is 2.44. The van der Waals surface area contributed by atoms with Crippen LogP contribution in [0.4, 0.5) is 74.6 Å². The van der Waals surface area contributed by atoms with Crippen molar-refractivity contribution in [2.45, 2.75) is 48.4 Å². The molecule has 169 valence electrons. The van der Waals surface area contributed by atoms with Crippen molar-refractivity contribution in [2.24, 2.45) is 0 Å². The molecule has 0 bridgehead atoms. The summed E-state index contributed by atoms with van der Waals surface area (Å²) in [5, 5.41) is 0. The standard InChI is InChI=1S/C9H2F17O2/c1-2(10,5(14,15)16)27-9(25,26)4(13,7(20,21)22)28-8(23,24)3(11,12)6(17,18)19/h1H2. The molecule has 0 N–H and O–H groups in total. The van der Waals surface area contributed by atoms with E-state index in [1.165, 1.54) is 4.74 Å². The molecule has 0 amide bonds. The monoisotopic (exact) mass is 465 g/mol. The summed E-state index contributed by atoms with van der Waals surface area (Å²) in [7, 11) is 0. The first-order chi connectivity index (χ1) is 11.7. The average molecular weight is 465 g/mol. The molecule has 0 aromatic heterocycles. The van der Waals surface area contributed by atoms with Crippen molar-refractivity contribution in [3.05, 3.63) is 6.92 Å². The lowest BCUT2D eigenvalue weighted by Gasteiger charge is -2.39. The molecule has 0 aliphatic rings. The van der Waals surface area contributed by atoms with Gasteiger partial charge in [0, 0.05) is 6.92 Å². The zero-order valence-corrected chi connectivity index (χ0v) is 11.9. The first-order valence-corrected chi connectivity index (χ1v) is 5.63. The van der Waals surface area contributed by atoms with Gasteiger partial charge in [-0.3, -0.25) is 9.47 Å². The van der Waals surface area contributed by atoms with Crippen LogP contribution in [-0.2, 0) is 9.47 Å². The summed E-state index contributed by atoms with van der Waals surface area (Å²) in [4.78, 5) is 0. The van der Waals surface area contributed by atoms with Gasteiger partial charge >= 0.3 is 48.4 Å². The molecule has 0 aromatic rings. The second kappa shape index (κ2) is 6.63. The Hall–Kier alpha value is -1.27. The van der Waals surface area contributed by atoms with E-state index in [1.807, 2.05) is 0 Å². The SMILES string of the molecule is [CH2]C(F)(OC(F)(F)C(F)(OC(F)(F)C(F)(F)C(F)(F)F)C(F)(F)F)C(F)(F)F. The summed E-state index contributed by atoms with van der Waals surface area (Å²) in [6, 6.07) is 0. The molecule has 0 spiro atoms. The first kappa shape index (κ1) is 26.7. The van der Waals surface area contributed by atoms with Gasteiger partial charge in [0.25, 0.3) is 0 Å². The summed E-state index contributed by atoms with van der Waals surface area (Å²) in [5.74, 6) is -21.8. The lowest BCUT2D eigenvalue weighted by Crippen LogP contribution is -2.67. The summed E-state index contributed by atoms with van der Waals surface area (Å²) < 4.78 is 214. The molecule has 19 heteroatoms. The van der Waals surface area contributed by atoms with Crippen LogP contribution in [0, 0.1) is 6.92 Å². The molecular formula is C9H2F17O2. The van der Waals surface area contributed by atoms with E-state index in [4.69, 9.17) is 0 Å². The van der Waals surface area contributed by atoms with Crippen molar-refractivity contribution in [2.75, 3.05) is 0 Å². The number of alkyl halides is 17. The van der Waals surface area contributed by atoms with E-state index >= 15 is 0 Å². The van der Waals surface area contributed by atoms with Crippen LogP contribution in [0.15, 0.2) is 0 Å². The van der Waals surface area contributed by atoms with Gasteiger partial charge in [-0.15, -0.1) is 0 Å². The second-order valence-electron chi connectivity index (χ2n) is 4.63. The average Bonchev–Trinajstić information content (AvgIpc) is 2.31. The maximum absolute atomic E-state index is 13.4. The zero-order chi connectivity index (χ0) is 23.4. The Morgan fingerprint density at radius 1 is 0.429 bits per heavy atom. The van der Waals surface area contributed by atoms with Crippen molar-refractivity contribution in [1.29, 1.82) is 0 Å². The minimum absolute atomic E-state index is 1.11. The number of rotatable bonds is 6. The molecular weight excluding hydrogens is 463 g/mol. The van der Waals surface area contributed by atoms with Gasteiger partial charge in [0.1, 0.15) is 0 Å². The molecule has 2 nitrogen and oxygen atoms in total. The van der Waals surface area contributed by atoms with E-state index in [9.17, 15) is 74.6 Å². The molecule has 0 aromatic carbocycles. The van der Waals surface area contributed by atoms with Gasteiger partial charge in [-0.05, 0) is 0 Å². The fraction of sp³-hybridized carbons (Fsp3) is 0.889. The van der Waals surface area contributed by atoms with Crippen LogP contribution >= 0.6 is 0 Å². The highest BCUT2D eigenvalue weighted by Crippen LogP contribution is 2.56. The van der Waals surface area contributed by atoms with Crippen LogP contribution in [0.25, 0.3) is 0 Å². The summed E-state index contributed by atoms with van der Waals surface area (Å²) in [5.41, 5.74) is 0. The summed E-state index contributed by atoms with van der Waals surface area (Å²) in [6.45, 7) is 1.11. The zero-order valence-electron chi connectivity index (χ0n) is 11.9. The summed E-state index contributed by atoms with van der Waals surface area (Å²) in [6.07, 6.45) is -37.5. The number of hydrogen-bond donors (Lipinski definition) is 0. The molecule has 0 saturated heterocycles. The maximum Gasteiger partial charge on any atom is 0.462 e. The molecule has 2 atom stereocenters. The van der Waals surface area contributed by atoms with Crippen LogP contribution in [0.3, 0.4) is 0 Å². The van der Waals surface area contributed by atoms with Crippen molar-refractivity contribution in [1.82, 2.24) is 0 Å². The Kier molecular flexibility index (Phi) is 6.33. The molecule has 0 aliphatic carbocycles. The Morgan fingerprint density at radius 3 is 1.04 bits per heavy atom. The lowest BCUT2D eigenvalue weighted by atomic mass is 10.2. The van der Waals surface area contributed by atoms with E-state index in [-0.39, 0.29) is 0 Å². The van der Waals surface area contributed by atoms with Gasteiger partial charge in [0.05, 0.1) is 0 Å². The highest BCUT2D eigenvalue weighted by Gasteiger charge is 2.84. The van der Waals surface area contributed by atoms with Gasteiger partial charge < -0.3 is 0 Å². The lowest BCUT2D eigenvalue weighted by molar-refractivity contribution is -0.549. The molecule has 0 rings (SSSR count). The van der Waals surface area contributed by atoms with Crippen molar-refractivity contribution < 1.29 is 84.1 Å². The molecule has 0 heterocycles. The Labute approximate surface area is 141 Å². The van der Waals surface area contributed by atoms with Crippen LogP contribution in [-0.4, -0.2) is 48.4 Å². The predicted octanol–water partition coefficient (Wildman–Crippen LogP) is 5.69. The van der Waals surface area contributed by atoms with Gasteiger partial charge in [-0.25, -0.2) is 4.39 Å². The molecule has 0 aliphatic heterocycles. The number of ether oxygens (including phenoxy) is 2. The minimum Gasteiger partial charge on any atom is -0.270 e. The van der Waals surface area contributed by atoms with Crippen molar-refractivity contribution in [3.8, 4) is 0 Å². The molecule has 0 fully saturated rings. The van der Waals surface area contributed by atoms with Crippen molar-refractivity contribution >= 4 is 0 Å². The Balaban J connectivity index is 6.38. The van der Waals surface area contributed by atoms with Crippen molar-refractivity contribution in [3.63, 3.8) is 0 Å². The third kappa shape index (κ3) is 4.48. The Morgan fingerprint density at radius 2 is 0.786 bits per heavy atom. The highest BCUT2D eigenvalue weighted by atomic mass is 19.4. The third-order valence-electron chi connectivity index (χ3n) is 2.44. The number of hydrogen-bond acceptors (Lipinski definition) is 2. The van der Waals surface area contributed by atoms with E-state index in [2.05, 4.69) is 0 Å². The smallest absolute Gasteiger partial charge is 0.270 e. The quantitative estimate of drug-likeness (QED) is 0.470. The van der Waals surface area contributed by atoms with Gasteiger partial charge in [-0.1, -0.05) is 0 Å². The Bertz CT molecular complexity index is 554. The van der Waals surface area contributed by atoms with E-state index in [1.54, 1.807) is 4.74 Å². The fourth-order valence-corrected chi connectivity index (χ4v) is 1.01. The summed E-state index contributed by atoms with van der Waals surface area (Å²) >= 11 is 0. The van der Waals surface area contributed by atoms with Crippen LogP contribution in [0.1, 0.15) is 0 Å². The maximum atomic E-state index is 13.4. The van der Waals surface area contributed by atoms with E-state index in [0.717, 1.165) is 6.92 Å². The topological polar surface area (TPSA) is 18.5 Å². The van der Waals surface area contributed by atoms with Crippen LogP contribution < -0.4 is 0 Å². The van der Waals surface area contributed by atoms with Gasteiger partial charge in [0.15, 0.2) is 0 Å². The first-order valence-electron chi connectivity index (χ1n) is 5.63. The molecule has 2 unspecified atom stereocenters. The molecule has 28 heavy (non-hydrogen) atoms. The number of halogens is 17. The predicted molar refractivity (Wildman–Crippen MR) is 48.2 cm³/mol. The van der Waals surface area contributed by atoms with E-state index in [0.29, 0.717) is 0 Å². The largest absolute Gasteiger partial charge is 0.462 e. The van der Waals surface area contributed by atoms with Crippen LogP contribution in [0.5, 0.6) is 0 Å². The highest BCUT2D eigenvalue weighted by molar-refractivity contribution is 4.95. The van der Waals surface area contributed by atoms with E-state index < -0.39 is 48.4 Å². The normalized spacial score (nSPS) is 19.9. The molecule has 0 saturated carbocycles. The second-order valence-corrected chi connectivity index (χ2v) is 4.63. The van der Waals surface area contributed by atoms with Crippen LogP contribution in [0.2, 0.25) is 0 Å².